The number of hydrogen-bond donors (Lipinski definition) is 3. The molecule has 7 nitrogen and oxygen atoms in total. The fraction of sp³-hybridized carbons (Fsp3) is 0.263. The lowest BCUT2D eigenvalue weighted by Gasteiger charge is -2.15. The fourth-order valence-electron chi connectivity index (χ4n) is 2.24. The van der Waals surface area contributed by atoms with Crippen LogP contribution in [-0.4, -0.2) is 44.7 Å². The maximum atomic E-state index is 11.9. The number of amides is 2. The van der Waals surface area contributed by atoms with Crippen molar-refractivity contribution in [2.75, 3.05) is 38.0 Å². The van der Waals surface area contributed by atoms with Gasteiger partial charge in [-0.3, -0.25) is 9.59 Å². The Morgan fingerprint density at radius 2 is 1.65 bits per heavy atom. The Bertz CT molecular complexity index is 742. The molecule has 0 bridgehead atoms. The number of carbonyl (C=O) groups is 2. The molecule has 2 amide bonds. The molecule has 138 valence electrons. The van der Waals surface area contributed by atoms with Crippen molar-refractivity contribution in [1.29, 1.82) is 0 Å². The van der Waals surface area contributed by atoms with Gasteiger partial charge >= 0.3 is 11.8 Å². The van der Waals surface area contributed by atoms with E-state index in [9.17, 15) is 14.7 Å². The van der Waals surface area contributed by atoms with Crippen LogP contribution in [0.25, 0.3) is 0 Å². The summed E-state index contributed by atoms with van der Waals surface area (Å²) in [6, 6.07) is 13.9. The first-order chi connectivity index (χ1) is 12.4. The Morgan fingerprint density at radius 1 is 1.04 bits per heavy atom. The van der Waals surface area contributed by atoms with Crippen molar-refractivity contribution in [3.8, 4) is 5.75 Å². The van der Waals surface area contributed by atoms with Gasteiger partial charge in [0.2, 0.25) is 0 Å². The SMILES string of the molecule is COc1ccc(NC(=O)C(=O)NCC(O)c2ccc(N(C)C)cc2)cc1. The molecule has 2 aromatic carbocycles. The molecule has 3 N–H and O–H groups in total. The molecule has 0 fully saturated rings. The molecular formula is C19H23N3O4. The van der Waals surface area contributed by atoms with Crippen LogP contribution in [0.1, 0.15) is 11.7 Å². The largest absolute Gasteiger partial charge is 0.497 e. The van der Waals surface area contributed by atoms with Gasteiger partial charge in [0.05, 0.1) is 13.2 Å². The standard InChI is InChI=1S/C19H23N3O4/c1-22(2)15-8-4-13(5-9-15)17(23)12-20-18(24)19(25)21-14-6-10-16(26-3)11-7-14/h4-11,17,23H,12H2,1-3H3,(H,20,24)(H,21,25). The van der Waals surface area contributed by atoms with E-state index in [2.05, 4.69) is 10.6 Å². The number of aliphatic hydroxyl groups excluding tert-OH is 1. The summed E-state index contributed by atoms with van der Waals surface area (Å²) in [5, 5.41) is 15.1. The van der Waals surface area contributed by atoms with Crippen LogP contribution in [0, 0.1) is 0 Å². The molecule has 0 heterocycles. The van der Waals surface area contributed by atoms with Crippen molar-refractivity contribution < 1.29 is 19.4 Å². The predicted molar refractivity (Wildman–Crippen MR) is 100 cm³/mol. The number of hydrogen-bond acceptors (Lipinski definition) is 5. The van der Waals surface area contributed by atoms with Gasteiger partial charge in [0, 0.05) is 32.0 Å². The molecule has 0 radical (unpaired) electrons. The van der Waals surface area contributed by atoms with E-state index in [1.165, 1.54) is 0 Å². The number of anilines is 2. The molecule has 0 aliphatic rings. The predicted octanol–water partition coefficient (Wildman–Crippen LogP) is 1.55. The van der Waals surface area contributed by atoms with E-state index in [1.54, 1.807) is 43.5 Å². The summed E-state index contributed by atoms with van der Waals surface area (Å²) in [5.74, 6) is -0.967. The first kappa shape index (κ1) is 19.3. The molecule has 0 saturated carbocycles. The van der Waals surface area contributed by atoms with Crippen LogP contribution < -0.4 is 20.3 Å². The number of ether oxygens (including phenoxy) is 1. The Hall–Kier alpha value is -3.06. The molecule has 7 heteroatoms. The van der Waals surface area contributed by atoms with Crippen LogP contribution in [0.2, 0.25) is 0 Å². The Balaban J connectivity index is 1.85. The van der Waals surface area contributed by atoms with E-state index in [4.69, 9.17) is 4.74 Å². The number of benzene rings is 2. The van der Waals surface area contributed by atoms with Gasteiger partial charge in [-0.05, 0) is 42.0 Å². The average Bonchev–Trinajstić information content (AvgIpc) is 2.66. The number of rotatable bonds is 6. The molecule has 0 aliphatic carbocycles. The second-order valence-electron chi connectivity index (χ2n) is 5.89. The van der Waals surface area contributed by atoms with Crippen LogP contribution in [0.5, 0.6) is 5.75 Å². The monoisotopic (exact) mass is 357 g/mol. The third-order valence-electron chi connectivity index (χ3n) is 3.80. The van der Waals surface area contributed by atoms with Crippen LogP contribution in [0.3, 0.4) is 0 Å². The molecule has 0 aliphatic heterocycles. The van der Waals surface area contributed by atoms with Gasteiger partial charge < -0.3 is 25.4 Å². The molecular weight excluding hydrogens is 334 g/mol. The van der Waals surface area contributed by atoms with Crippen LogP contribution >= 0.6 is 0 Å². The molecule has 0 aromatic heterocycles. The van der Waals surface area contributed by atoms with Gasteiger partial charge in [0.15, 0.2) is 0 Å². The quantitative estimate of drug-likeness (QED) is 0.683. The number of aliphatic hydroxyl groups is 1. The lowest BCUT2D eigenvalue weighted by atomic mass is 10.1. The third kappa shape index (κ3) is 5.22. The van der Waals surface area contributed by atoms with Gasteiger partial charge in [-0.15, -0.1) is 0 Å². The van der Waals surface area contributed by atoms with E-state index < -0.39 is 17.9 Å². The topological polar surface area (TPSA) is 90.9 Å². The Morgan fingerprint density at radius 3 is 2.19 bits per heavy atom. The summed E-state index contributed by atoms with van der Waals surface area (Å²) in [7, 11) is 5.39. The lowest BCUT2D eigenvalue weighted by Crippen LogP contribution is -2.37. The van der Waals surface area contributed by atoms with Crippen molar-refractivity contribution in [2.45, 2.75) is 6.10 Å². The second-order valence-corrected chi connectivity index (χ2v) is 5.89. The highest BCUT2D eigenvalue weighted by Crippen LogP contribution is 2.17. The van der Waals surface area contributed by atoms with E-state index in [0.29, 0.717) is 17.0 Å². The smallest absolute Gasteiger partial charge is 0.313 e. The molecule has 0 spiro atoms. The zero-order valence-electron chi connectivity index (χ0n) is 15.0. The van der Waals surface area contributed by atoms with E-state index in [1.807, 2.05) is 31.1 Å². The minimum atomic E-state index is -0.899. The molecule has 2 aromatic rings. The number of nitrogens with one attached hydrogen (secondary N) is 2. The molecule has 2 rings (SSSR count). The lowest BCUT2D eigenvalue weighted by molar-refractivity contribution is -0.136. The number of carbonyl (C=O) groups excluding carboxylic acids is 2. The second kappa shape index (κ2) is 8.87. The minimum absolute atomic E-state index is 0.0593. The van der Waals surface area contributed by atoms with Gasteiger partial charge in [0.1, 0.15) is 5.75 Å². The van der Waals surface area contributed by atoms with Crippen molar-refractivity contribution in [1.82, 2.24) is 5.32 Å². The minimum Gasteiger partial charge on any atom is -0.497 e. The summed E-state index contributed by atoms with van der Waals surface area (Å²) in [5.41, 5.74) is 2.14. The van der Waals surface area contributed by atoms with Crippen LogP contribution in [-0.2, 0) is 9.59 Å². The Kier molecular flexibility index (Phi) is 6.57. The van der Waals surface area contributed by atoms with Crippen LogP contribution in [0.15, 0.2) is 48.5 Å². The van der Waals surface area contributed by atoms with E-state index >= 15 is 0 Å². The normalized spacial score (nSPS) is 11.4. The first-order valence-corrected chi connectivity index (χ1v) is 8.09. The Labute approximate surface area is 152 Å². The summed E-state index contributed by atoms with van der Waals surface area (Å²) in [4.78, 5) is 25.7. The summed E-state index contributed by atoms with van der Waals surface area (Å²) in [6.07, 6.45) is -0.899. The molecule has 26 heavy (non-hydrogen) atoms. The first-order valence-electron chi connectivity index (χ1n) is 8.09. The highest BCUT2D eigenvalue weighted by atomic mass is 16.5. The van der Waals surface area contributed by atoms with Gasteiger partial charge in [-0.2, -0.15) is 0 Å². The zero-order chi connectivity index (χ0) is 19.1. The molecule has 1 atom stereocenters. The van der Waals surface area contributed by atoms with Gasteiger partial charge in [0.25, 0.3) is 0 Å². The van der Waals surface area contributed by atoms with E-state index in [0.717, 1.165) is 5.69 Å². The summed E-state index contributed by atoms with van der Waals surface area (Å²) in [6.45, 7) is -0.0593. The third-order valence-corrected chi connectivity index (χ3v) is 3.80. The highest BCUT2D eigenvalue weighted by Gasteiger charge is 2.16. The maximum absolute atomic E-state index is 11.9. The summed E-state index contributed by atoms with van der Waals surface area (Å²) < 4.78 is 5.03. The maximum Gasteiger partial charge on any atom is 0.313 e. The molecule has 1 unspecified atom stereocenters. The summed E-state index contributed by atoms with van der Waals surface area (Å²) >= 11 is 0. The van der Waals surface area contributed by atoms with Gasteiger partial charge in [-0.1, -0.05) is 12.1 Å². The van der Waals surface area contributed by atoms with Crippen molar-refractivity contribution in [3.05, 3.63) is 54.1 Å². The van der Waals surface area contributed by atoms with Crippen molar-refractivity contribution in [2.24, 2.45) is 0 Å². The molecule has 0 saturated heterocycles. The van der Waals surface area contributed by atoms with Crippen molar-refractivity contribution >= 4 is 23.2 Å². The van der Waals surface area contributed by atoms with Gasteiger partial charge in [-0.25, -0.2) is 0 Å². The fourth-order valence-corrected chi connectivity index (χ4v) is 2.24. The average molecular weight is 357 g/mol. The van der Waals surface area contributed by atoms with Crippen molar-refractivity contribution in [3.63, 3.8) is 0 Å². The van der Waals surface area contributed by atoms with Crippen LogP contribution in [0.4, 0.5) is 11.4 Å². The zero-order valence-corrected chi connectivity index (χ0v) is 15.0. The number of methoxy groups -OCH3 is 1. The van der Waals surface area contributed by atoms with E-state index in [-0.39, 0.29) is 6.54 Å². The number of nitrogens with zero attached hydrogens (tertiary/aromatic N) is 1. The highest BCUT2D eigenvalue weighted by molar-refractivity contribution is 6.39.